The minimum absolute atomic E-state index is 0.153. The van der Waals surface area contributed by atoms with Gasteiger partial charge in [0.2, 0.25) is 0 Å². The van der Waals surface area contributed by atoms with Gasteiger partial charge in [-0.2, -0.15) is 0 Å². The van der Waals surface area contributed by atoms with E-state index in [1.807, 2.05) is 19.1 Å². The van der Waals surface area contributed by atoms with Gasteiger partial charge in [-0.15, -0.1) is 0 Å². The quantitative estimate of drug-likeness (QED) is 0.861. The molecule has 0 saturated heterocycles. The number of nitrogens with two attached hydrogens (primary N) is 1. The van der Waals surface area contributed by atoms with Gasteiger partial charge in [0.05, 0.1) is 0 Å². The van der Waals surface area contributed by atoms with Crippen LogP contribution in [0.1, 0.15) is 22.8 Å². The maximum atomic E-state index is 12.4. The molecule has 0 unspecified atom stereocenters. The second-order valence-corrected chi connectivity index (χ2v) is 4.93. The van der Waals surface area contributed by atoms with Crippen molar-refractivity contribution in [3.8, 4) is 0 Å². The molecule has 1 amide bonds. The summed E-state index contributed by atoms with van der Waals surface area (Å²) in [6.07, 6.45) is 0.733. The molecule has 0 atom stereocenters. The molecule has 116 valence electrons. The first-order valence-electron chi connectivity index (χ1n) is 6.83. The molecule has 0 bridgehead atoms. The van der Waals surface area contributed by atoms with Crippen molar-refractivity contribution in [2.45, 2.75) is 13.3 Å². The molecule has 2 rings (SSSR count). The molecular weight excluding hydrogens is 284 g/mol. The number of carbonyl (C=O) groups is 1. The van der Waals surface area contributed by atoms with Crippen molar-refractivity contribution >= 4 is 17.4 Å². The fourth-order valence-electron chi connectivity index (χ4n) is 2.21. The van der Waals surface area contributed by atoms with E-state index in [0.717, 1.165) is 21.1 Å². The average molecular weight is 302 g/mol. The Balaban J connectivity index is 2.52. The number of nitrogens with zero attached hydrogens (tertiary/aromatic N) is 2. The molecule has 7 heteroatoms. The molecule has 3 N–H and O–H groups in total. The van der Waals surface area contributed by atoms with E-state index in [0.29, 0.717) is 5.69 Å². The Kier molecular flexibility index (Phi) is 4.16. The van der Waals surface area contributed by atoms with E-state index in [2.05, 4.69) is 5.32 Å². The molecule has 0 radical (unpaired) electrons. The Morgan fingerprint density at radius 1 is 1.18 bits per heavy atom. The van der Waals surface area contributed by atoms with Crippen LogP contribution in [0.4, 0.5) is 11.5 Å². The van der Waals surface area contributed by atoms with Crippen LogP contribution in [0.25, 0.3) is 0 Å². The number of nitrogen functional groups attached to an aromatic ring is 1. The lowest BCUT2D eigenvalue weighted by atomic mass is 10.1. The summed E-state index contributed by atoms with van der Waals surface area (Å²) < 4.78 is 1.93. The van der Waals surface area contributed by atoms with Gasteiger partial charge < -0.3 is 11.1 Å². The average Bonchev–Trinajstić information content (AvgIpc) is 2.51. The van der Waals surface area contributed by atoms with Crippen molar-refractivity contribution in [2.24, 2.45) is 14.1 Å². The first-order chi connectivity index (χ1) is 10.4. The molecule has 1 aromatic heterocycles. The van der Waals surface area contributed by atoms with Gasteiger partial charge in [-0.1, -0.05) is 25.1 Å². The molecule has 1 heterocycles. The number of rotatable bonds is 3. The lowest BCUT2D eigenvalue weighted by Crippen LogP contribution is -2.42. The number of aromatic nitrogens is 2. The summed E-state index contributed by atoms with van der Waals surface area (Å²) in [6, 6.07) is 7.29. The van der Waals surface area contributed by atoms with Crippen molar-refractivity contribution in [3.63, 3.8) is 0 Å². The fraction of sp³-hybridized carbons (Fsp3) is 0.267. The summed E-state index contributed by atoms with van der Waals surface area (Å²) >= 11 is 0. The van der Waals surface area contributed by atoms with Gasteiger partial charge in [0, 0.05) is 19.8 Å². The number of hydrogen-bond acceptors (Lipinski definition) is 4. The molecular formula is C15H18N4O3. The van der Waals surface area contributed by atoms with E-state index in [9.17, 15) is 14.4 Å². The Bertz CT molecular complexity index is 849. The van der Waals surface area contributed by atoms with Crippen LogP contribution >= 0.6 is 0 Å². The maximum absolute atomic E-state index is 12.4. The zero-order valence-electron chi connectivity index (χ0n) is 12.7. The van der Waals surface area contributed by atoms with Gasteiger partial charge in [0.15, 0.2) is 0 Å². The minimum Gasteiger partial charge on any atom is -0.384 e. The summed E-state index contributed by atoms with van der Waals surface area (Å²) in [4.78, 5) is 36.3. The molecule has 2 aromatic rings. The third-order valence-corrected chi connectivity index (χ3v) is 3.58. The smallest absolute Gasteiger partial charge is 0.332 e. The van der Waals surface area contributed by atoms with Crippen molar-refractivity contribution in [3.05, 3.63) is 56.2 Å². The number of amides is 1. The normalized spacial score (nSPS) is 10.5. The van der Waals surface area contributed by atoms with E-state index < -0.39 is 17.2 Å². The largest absolute Gasteiger partial charge is 0.384 e. The third kappa shape index (κ3) is 2.52. The fourth-order valence-corrected chi connectivity index (χ4v) is 2.21. The van der Waals surface area contributed by atoms with Crippen molar-refractivity contribution in [1.82, 2.24) is 9.13 Å². The third-order valence-electron chi connectivity index (χ3n) is 3.58. The van der Waals surface area contributed by atoms with Crippen LogP contribution in [0.15, 0.2) is 33.9 Å². The summed E-state index contributed by atoms with van der Waals surface area (Å²) in [5.74, 6) is -0.783. The van der Waals surface area contributed by atoms with Crippen molar-refractivity contribution in [1.29, 1.82) is 0 Å². The zero-order chi connectivity index (χ0) is 16.4. The summed E-state index contributed by atoms with van der Waals surface area (Å²) in [5, 5.41) is 2.69. The Hall–Kier alpha value is -2.83. The highest BCUT2D eigenvalue weighted by atomic mass is 16.2. The van der Waals surface area contributed by atoms with Crippen LogP contribution in [0.3, 0.4) is 0 Å². The number of hydrogen-bond donors (Lipinski definition) is 2. The second kappa shape index (κ2) is 5.88. The lowest BCUT2D eigenvalue weighted by Gasteiger charge is -2.13. The number of aryl methyl sites for hydroxylation is 1. The molecule has 0 aliphatic heterocycles. The number of anilines is 2. The van der Waals surface area contributed by atoms with Crippen LogP contribution < -0.4 is 22.3 Å². The van der Waals surface area contributed by atoms with Crippen molar-refractivity contribution in [2.75, 3.05) is 11.1 Å². The molecule has 0 aliphatic carbocycles. The molecule has 0 saturated carbocycles. The van der Waals surface area contributed by atoms with Gasteiger partial charge in [0.1, 0.15) is 11.4 Å². The second-order valence-electron chi connectivity index (χ2n) is 4.93. The Morgan fingerprint density at radius 3 is 2.45 bits per heavy atom. The standard InChI is InChI=1S/C15H18N4O3/c1-4-9-7-5-6-8-10(9)17-13(20)11-12(16)18(2)15(22)19(3)14(11)21/h5-8H,4,16H2,1-3H3,(H,17,20). The van der Waals surface area contributed by atoms with E-state index >= 15 is 0 Å². The predicted molar refractivity (Wildman–Crippen MR) is 85.1 cm³/mol. The van der Waals surface area contributed by atoms with Gasteiger partial charge in [-0.3, -0.25) is 18.7 Å². The van der Waals surface area contributed by atoms with Gasteiger partial charge in [-0.25, -0.2) is 4.79 Å². The van der Waals surface area contributed by atoms with E-state index in [1.54, 1.807) is 12.1 Å². The van der Waals surface area contributed by atoms with Crippen LogP contribution in [0.2, 0.25) is 0 Å². The Morgan fingerprint density at radius 2 is 1.82 bits per heavy atom. The summed E-state index contributed by atoms with van der Waals surface area (Å²) in [7, 11) is 2.72. The minimum atomic E-state index is -0.716. The van der Waals surface area contributed by atoms with Gasteiger partial charge >= 0.3 is 5.69 Å². The van der Waals surface area contributed by atoms with Crippen molar-refractivity contribution < 1.29 is 4.79 Å². The van der Waals surface area contributed by atoms with E-state index in [4.69, 9.17) is 5.73 Å². The highest BCUT2D eigenvalue weighted by Crippen LogP contribution is 2.16. The molecule has 1 aromatic carbocycles. The molecule has 7 nitrogen and oxygen atoms in total. The van der Waals surface area contributed by atoms with E-state index in [-0.39, 0.29) is 11.4 Å². The van der Waals surface area contributed by atoms with Crippen LogP contribution in [0, 0.1) is 0 Å². The van der Waals surface area contributed by atoms with Crippen LogP contribution in [-0.4, -0.2) is 15.0 Å². The summed E-state index contributed by atoms with van der Waals surface area (Å²) in [5.41, 5.74) is 5.79. The number of benzene rings is 1. The molecule has 0 fully saturated rings. The van der Waals surface area contributed by atoms with Crippen LogP contribution in [0.5, 0.6) is 0 Å². The highest BCUT2D eigenvalue weighted by Gasteiger charge is 2.20. The molecule has 22 heavy (non-hydrogen) atoms. The van der Waals surface area contributed by atoms with Gasteiger partial charge in [0.25, 0.3) is 11.5 Å². The highest BCUT2D eigenvalue weighted by molar-refractivity contribution is 6.07. The topological polar surface area (TPSA) is 99.1 Å². The monoisotopic (exact) mass is 302 g/mol. The molecule has 0 spiro atoms. The first-order valence-corrected chi connectivity index (χ1v) is 6.83. The summed E-state index contributed by atoms with van der Waals surface area (Å²) in [6.45, 7) is 1.96. The molecule has 0 aliphatic rings. The first kappa shape index (κ1) is 15.6. The predicted octanol–water partition coefficient (Wildman–Crippen LogP) is 0.481. The number of carbonyl (C=O) groups excluding carboxylic acids is 1. The lowest BCUT2D eigenvalue weighted by molar-refractivity contribution is 0.102. The maximum Gasteiger partial charge on any atom is 0.332 e. The SMILES string of the molecule is CCc1ccccc1NC(=O)c1c(N)n(C)c(=O)n(C)c1=O. The van der Waals surface area contributed by atoms with E-state index in [1.165, 1.54) is 14.1 Å². The zero-order valence-corrected chi connectivity index (χ0v) is 12.7. The number of nitrogens with one attached hydrogen (secondary N) is 1. The van der Waals surface area contributed by atoms with Crippen LogP contribution in [-0.2, 0) is 20.5 Å². The van der Waals surface area contributed by atoms with Gasteiger partial charge in [-0.05, 0) is 18.1 Å². The Labute approximate surface area is 127 Å². The number of para-hydroxylation sites is 1.